The summed E-state index contributed by atoms with van der Waals surface area (Å²) in [6.07, 6.45) is 0. The number of nitro benzene ring substituents is 1. The highest BCUT2D eigenvalue weighted by Gasteiger charge is 2.17. The van der Waals surface area contributed by atoms with Crippen LogP contribution in [-0.2, 0) is 11.3 Å². The van der Waals surface area contributed by atoms with Crippen molar-refractivity contribution in [3.05, 3.63) is 80.0 Å². The summed E-state index contributed by atoms with van der Waals surface area (Å²) in [5.74, 6) is -0.393. The van der Waals surface area contributed by atoms with Crippen LogP contribution in [0.4, 0.5) is 5.69 Å². The normalized spacial score (nSPS) is 10.5. The molecule has 3 rings (SSSR count). The number of carbonyl (C=O) groups excluding carboxylic acids is 1. The topological polar surface area (TPSA) is 95.5 Å². The highest BCUT2D eigenvalue weighted by molar-refractivity contribution is 6.33. The van der Waals surface area contributed by atoms with Crippen LogP contribution in [0.25, 0.3) is 11.3 Å². The number of aromatic nitrogens is 1. The van der Waals surface area contributed by atoms with E-state index in [2.05, 4.69) is 5.16 Å². The van der Waals surface area contributed by atoms with Gasteiger partial charge in [0, 0.05) is 28.8 Å². The van der Waals surface area contributed by atoms with Crippen molar-refractivity contribution in [3.63, 3.8) is 0 Å². The number of rotatable bonds is 5. The molecule has 0 aliphatic rings. The second-order valence-electron chi connectivity index (χ2n) is 5.18. The van der Waals surface area contributed by atoms with Gasteiger partial charge in [-0.15, -0.1) is 0 Å². The summed E-state index contributed by atoms with van der Waals surface area (Å²) in [4.78, 5) is 22.2. The molecule has 0 saturated heterocycles. The van der Waals surface area contributed by atoms with Gasteiger partial charge >= 0.3 is 5.97 Å². The smallest absolute Gasteiger partial charge is 0.340 e. The number of hydrogen-bond donors (Lipinski definition) is 0. The molecule has 0 amide bonds. The fourth-order valence-corrected chi connectivity index (χ4v) is 2.51. The quantitative estimate of drug-likeness (QED) is 0.347. The third-order valence-corrected chi connectivity index (χ3v) is 3.99. The van der Waals surface area contributed by atoms with Gasteiger partial charge in [-0.2, -0.15) is 0 Å². The molecule has 0 N–H and O–H groups in total. The molecule has 0 saturated carbocycles. The largest absolute Gasteiger partial charge is 0.454 e. The van der Waals surface area contributed by atoms with E-state index in [9.17, 15) is 14.9 Å². The lowest BCUT2D eigenvalue weighted by Gasteiger charge is -2.04. The number of hydrogen-bond acceptors (Lipinski definition) is 6. The Kier molecular flexibility index (Phi) is 5.20. The molecule has 1 heterocycles. The zero-order chi connectivity index (χ0) is 18.7. The zero-order valence-electron chi connectivity index (χ0n) is 13.0. The summed E-state index contributed by atoms with van der Waals surface area (Å²) < 4.78 is 10.2. The Labute approximate surface area is 157 Å². The molecular weight excluding hydrogens is 383 g/mol. The predicted octanol–water partition coefficient (Wildman–Crippen LogP) is 4.91. The Balaban J connectivity index is 1.67. The molecule has 0 bridgehead atoms. The highest BCUT2D eigenvalue weighted by atomic mass is 35.5. The summed E-state index contributed by atoms with van der Waals surface area (Å²) in [5.41, 5.74) is 1.18. The van der Waals surface area contributed by atoms with Gasteiger partial charge in [-0.25, -0.2) is 4.79 Å². The Morgan fingerprint density at radius 1 is 1.15 bits per heavy atom. The Hall–Kier alpha value is -2.90. The molecule has 0 aliphatic carbocycles. The van der Waals surface area contributed by atoms with Gasteiger partial charge in [0.1, 0.15) is 5.69 Å². The number of halogens is 2. The van der Waals surface area contributed by atoms with E-state index < -0.39 is 10.9 Å². The van der Waals surface area contributed by atoms with Gasteiger partial charge in [0.15, 0.2) is 12.4 Å². The fourth-order valence-electron chi connectivity index (χ4n) is 2.14. The molecule has 3 aromatic rings. The fraction of sp³-hybridized carbons (Fsp3) is 0.0588. The number of non-ortho nitro benzene ring substituents is 1. The number of nitro groups is 1. The van der Waals surface area contributed by atoms with Crippen LogP contribution in [0.1, 0.15) is 16.1 Å². The van der Waals surface area contributed by atoms with E-state index in [0.717, 1.165) is 11.6 Å². The van der Waals surface area contributed by atoms with E-state index in [4.69, 9.17) is 32.5 Å². The summed E-state index contributed by atoms with van der Waals surface area (Å²) in [5, 5.41) is 15.1. The van der Waals surface area contributed by atoms with Crippen molar-refractivity contribution >= 4 is 34.9 Å². The molecular formula is C17H10Cl2N2O5. The molecule has 26 heavy (non-hydrogen) atoms. The lowest BCUT2D eigenvalue weighted by atomic mass is 10.1. The minimum atomic E-state index is -0.727. The van der Waals surface area contributed by atoms with Crippen LogP contribution in [0.3, 0.4) is 0 Å². The first-order valence-electron chi connectivity index (χ1n) is 7.26. The molecule has 0 fully saturated rings. The molecule has 0 unspecified atom stereocenters. The van der Waals surface area contributed by atoms with Gasteiger partial charge in [-0.05, 0) is 18.2 Å². The highest BCUT2D eigenvalue weighted by Crippen LogP contribution is 2.24. The van der Waals surface area contributed by atoms with E-state index in [1.54, 1.807) is 30.3 Å². The van der Waals surface area contributed by atoms with E-state index in [1.165, 1.54) is 12.1 Å². The number of esters is 1. The molecule has 0 radical (unpaired) electrons. The third kappa shape index (κ3) is 4.01. The van der Waals surface area contributed by atoms with Gasteiger partial charge in [0.25, 0.3) is 5.69 Å². The average molecular weight is 393 g/mol. The summed E-state index contributed by atoms with van der Waals surface area (Å²) in [6, 6.07) is 12.2. The van der Waals surface area contributed by atoms with Crippen molar-refractivity contribution in [2.75, 3.05) is 0 Å². The van der Waals surface area contributed by atoms with Crippen LogP contribution in [0.2, 0.25) is 10.0 Å². The van der Waals surface area contributed by atoms with Gasteiger partial charge < -0.3 is 9.26 Å². The summed E-state index contributed by atoms with van der Waals surface area (Å²) in [7, 11) is 0. The maximum Gasteiger partial charge on any atom is 0.340 e. The van der Waals surface area contributed by atoms with E-state index >= 15 is 0 Å². The van der Waals surface area contributed by atoms with Crippen molar-refractivity contribution in [2.45, 2.75) is 6.61 Å². The maximum absolute atomic E-state index is 12.1. The van der Waals surface area contributed by atoms with Crippen LogP contribution in [-0.4, -0.2) is 16.0 Å². The minimum Gasteiger partial charge on any atom is -0.454 e. The molecule has 0 aliphatic heterocycles. The molecule has 0 spiro atoms. The predicted molar refractivity (Wildman–Crippen MR) is 94.2 cm³/mol. The molecule has 1 aromatic heterocycles. The number of nitrogens with zero attached hydrogens (tertiary/aromatic N) is 2. The van der Waals surface area contributed by atoms with Gasteiger partial charge in [0.05, 0.1) is 15.5 Å². The van der Waals surface area contributed by atoms with Crippen molar-refractivity contribution in [3.8, 4) is 11.3 Å². The van der Waals surface area contributed by atoms with Gasteiger partial charge in [0.2, 0.25) is 0 Å². The second kappa shape index (κ2) is 7.55. The SMILES string of the molecule is O=C(OCc1cc(-c2ccc(Cl)cc2)no1)c1ccc([N+](=O)[O-])cc1Cl. The number of benzene rings is 2. The van der Waals surface area contributed by atoms with Crippen LogP contribution < -0.4 is 0 Å². The minimum absolute atomic E-state index is 0.0229. The lowest BCUT2D eigenvalue weighted by molar-refractivity contribution is -0.384. The first kappa shape index (κ1) is 17.9. The summed E-state index contributed by atoms with van der Waals surface area (Å²) in [6.45, 7) is -0.160. The van der Waals surface area contributed by atoms with Gasteiger partial charge in [-0.1, -0.05) is 40.5 Å². The molecule has 0 atom stereocenters. The molecule has 132 valence electrons. The monoisotopic (exact) mass is 392 g/mol. The average Bonchev–Trinajstić information content (AvgIpc) is 3.09. The van der Waals surface area contributed by atoms with Crippen molar-refractivity contribution < 1.29 is 19.0 Å². The van der Waals surface area contributed by atoms with Crippen LogP contribution in [0.15, 0.2) is 53.1 Å². The van der Waals surface area contributed by atoms with Crippen molar-refractivity contribution in [1.29, 1.82) is 0 Å². The molecule has 9 heteroatoms. The van der Waals surface area contributed by atoms with Gasteiger partial charge in [-0.3, -0.25) is 10.1 Å². The van der Waals surface area contributed by atoms with E-state index in [1.807, 2.05) is 0 Å². The Morgan fingerprint density at radius 2 is 1.88 bits per heavy atom. The van der Waals surface area contributed by atoms with Crippen LogP contribution >= 0.6 is 23.2 Å². The van der Waals surface area contributed by atoms with Crippen LogP contribution in [0.5, 0.6) is 0 Å². The van der Waals surface area contributed by atoms with E-state index in [-0.39, 0.29) is 22.9 Å². The number of carbonyl (C=O) groups is 1. The maximum atomic E-state index is 12.1. The van der Waals surface area contributed by atoms with Crippen molar-refractivity contribution in [2.24, 2.45) is 0 Å². The second-order valence-corrected chi connectivity index (χ2v) is 6.03. The molecule has 2 aromatic carbocycles. The first-order valence-corrected chi connectivity index (χ1v) is 8.02. The first-order chi connectivity index (χ1) is 12.4. The zero-order valence-corrected chi connectivity index (χ0v) is 14.5. The lowest BCUT2D eigenvalue weighted by Crippen LogP contribution is -2.06. The van der Waals surface area contributed by atoms with Crippen molar-refractivity contribution in [1.82, 2.24) is 5.16 Å². The Bertz CT molecular complexity index is 970. The Morgan fingerprint density at radius 3 is 2.54 bits per heavy atom. The number of ether oxygens (including phenoxy) is 1. The third-order valence-electron chi connectivity index (χ3n) is 3.43. The van der Waals surface area contributed by atoms with E-state index in [0.29, 0.717) is 16.5 Å². The van der Waals surface area contributed by atoms with Crippen LogP contribution in [0, 0.1) is 10.1 Å². The molecule has 7 nitrogen and oxygen atoms in total. The summed E-state index contributed by atoms with van der Waals surface area (Å²) >= 11 is 11.7. The standard InChI is InChI=1S/C17H10Cl2N2O5/c18-11-3-1-10(2-4-11)16-8-13(26-20-16)9-25-17(22)14-6-5-12(21(23)24)7-15(14)19/h1-8H,9H2.